The van der Waals surface area contributed by atoms with Crippen LogP contribution in [0.2, 0.25) is 5.02 Å². The number of benzene rings is 1. The first kappa shape index (κ1) is 12.4. The minimum atomic E-state index is -0.249. The minimum Gasteiger partial charge on any atom is -0.482 e. The highest BCUT2D eigenvalue weighted by Crippen LogP contribution is 2.22. The maximum Gasteiger partial charge on any atom is 0.262 e. The van der Waals surface area contributed by atoms with Gasteiger partial charge >= 0.3 is 0 Å². The van der Waals surface area contributed by atoms with E-state index in [1.165, 1.54) is 0 Å². The lowest BCUT2D eigenvalue weighted by Gasteiger charge is -2.08. The van der Waals surface area contributed by atoms with Crippen LogP contribution in [-0.4, -0.2) is 17.5 Å². The molecule has 0 bridgehead atoms. The highest BCUT2D eigenvalue weighted by molar-refractivity contribution is 6.32. The number of carbonyl (C=O) groups is 1. The number of anilines is 1. The van der Waals surface area contributed by atoms with E-state index in [2.05, 4.69) is 10.3 Å². The number of pyridine rings is 1. The lowest BCUT2D eigenvalue weighted by Crippen LogP contribution is -2.20. The predicted molar refractivity (Wildman–Crippen MR) is 69.8 cm³/mol. The van der Waals surface area contributed by atoms with Crippen molar-refractivity contribution in [3.8, 4) is 5.75 Å². The molecule has 1 heterocycles. The molecule has 0 aliphatic carbocycles. The van der Waals surface area contributed by atoms with E-state index in [1.807, 2.05) is 0 Å². The number of nitrogens with zero attached hydrogens (tertiary/aromatic N) is 1. The largest absolute Gasteiger partial charge is 0.482 e. The maximum atomic E-state index is 11.6. The molecule has 0 aliphatic rings. The number of carbonyl (C=O) groups excluding carboxylic acids is 1. The van der Waals surface area contributed by atoms with Gasteiger partial charge in [0, 0.05) is 18.1 Å². The van der Waals surface area contributed by atoms with E-state index in [9.17, 15) is 4.79 Å². The summed E-state index contributed by atoms with van der Waals surface area (Å²) in [6, 6.07) is 10.4. The van der Waals surface area contributed by atoms with Gasteiger partial charge < -0.3 is 10.1 Å². The van der Waals surface area contributed by atoms with Crippen molar-refractivity contribution in [3.63, 3.8) is 0 Å². The molecule has 0 unspecified atom stereocenters. The van der Waals surface area contributed by atoms with E-state index in [0.29, 0.717) is 16.5 Å². The SMILES string of the molecule is O=C(COc1ccccc1Cl)Nc1ccncc1. The Labute approximate surface area is 110 Å². The Balaban J connectivity index is 1.88. The molecule has 1 amide bonds. The van der Waals surface area contributed by atoms with Crippen molar-refractivity contribution in [2.45, 2.75) is 0 Å². The average molecular weight is 263 g/mol. The van der Waals surface area contributed by atoms with Crippen LogP contribution in [0, 0.1) is 0 Å². The highest BCUT2D eigenvalue weighted by Gasteiger charge is 2.05. The fourth-order valence-corrected chi connectivity index (χ4v) is 1.53. The first-order valence-electron chi connectivity index (χ1n) is 5.33. The van der Waals surface area contributed by atoms with Gasteiger partial charge in [-0.2, -0.15) is 0 Å². The Morgan fingerprint density at radius 1 is 1.22 bits per heavy atom. The van der Waals surface area contributed by atoms with Gasteiger partial charge in [0.1, 0.15) is 5.75 Å². The monoisotopic (exact) mass is 262 g/mol. The molecule has 1 aromatic heterocycles. The van der Waals surface area contributed by atoms with Crippen molar-refractivity contribution in [2.75, 3.05) is 11.9 Å². The third kappa shape index (κ3) is 3.46. The molecule has 0 radical (unpaired) electrons. The van der Waals surface area contributed by atoms with E-state index >= 15 is 0 Å². The number of ether oxygens (including phenoxy) is 1. The topological polar surface area (TPSA) is 51.2 Å². The summed E-state index contributed by atoms with van der Waals surface area (Å²) in [6.07, 6.45) is 3.20. The van der Waals surface area contributed by atoms with Gasteiger partial charge in [-0.05, 0) is 24.3 Å². The van der Waals surface area contributed by atoms with Crippen LogP contribution in [0.3, 0.4) is 0 Å². The van der Waals surface area contributed by atoms with E-state index in [4.69, 9.17) is 16.3 Å². The van der Waals surface area contributed by atoms with E-state index < -0.39 is 0 Å². The highest BCUT2D eigenvalue weighted by atomic mass is 35.5. The molecule has 0 aliphatic heterocycles. The number of hydrogen-bond acceptors (Lipinski definition) is 3. The summed E-state index contributed by atoms with van der Waals surface area (Å²) in [5.41, 5.74) is 0.678. The Morgan fingerprint density at radius 3 is 2.67 bits per heavy atom. The second kappa shape index (κ2) is 6.02. The van der Waals surface area contributed by atoms with Crippen molar-refractivity contribution < 1.29 is 9.53 Å². The molecular formula is C13H11ClN2O2. The predicted octanol–water partition coefficient (Wildman–Crippen LogP) is 2.75. The van der Waals surface area contributed by atoms with E-state index in [1.54, 1.807) is 48.8 Å². The molecule has 0 atom stereocenters. The average Bonchev–Trinajstić information content (AvgIpc) is 2.39. The number of halogens is 1. The van der Waals surface area contributed by atoms with Crippen molar-refractivity contribution in [1.29, 1.82) is 0 Å². The van der Waals surface area contributed by atoms with Crippen LogP contribution < -0.4 is 10.1 Å². The van der Waals surface area contributed by atoms with Gasteiger partial charge in [-0.1, -0.05) is 23.7 Å². The first-order valence-corrected chi connectivity index (χ1v) is 5.71. The Bertz CT molecular complexity index is 532. The quantitative estimate of drug-likeness (QED) is 0.922. The molecular weight excluding hydrogens is 252 g/mol. The summed E-state index contributed by atoms with van der Waals surface area (Å²) < 4.78 is 5.31. The van der Waals surface area contributed by atoms with Crippen molar-refractivity contribution in [3.05, 3.63) is 53.8 Å². The molecule has 4 nitrogen and oxygen atoms in total. The number of amides is 1. The Kier molecular flexibility index (Phi) is 4.15. The van der Waals surface area contributed by atoms with Crippen molar-refractivity contribution >= 4 is 23.2 Å². The Morgan fingerprint density at radius 2 is 1.94 bits per heavy atom. The summed E-state index contributed by atoms with van der Waals surface area (Å²) >= 11 is 5.90. The van der Waals surface area contributed by atoms with Crippen LogP contribution in [0.4, 0.5) is 5.69 Å². The van der Waals surface area contributed by atoms with Crippen LogP contribution in [0.1, 0.15) is 0 Å². The number of nitrogens with one attached hydrogen (secondary N) is 1. The minimum absolute atomic E-state index is 0.0912. The summed E-state index contributed by atoms with van der Waals surface area (Å²) in [5.74, 6) is 0.241. The van der Waals surface area contributed by atoms with E-state index in [-0.39, 0.29) is 12.5 Å². The summed E-state index contributed by atoms with van der Waals surface area (Å²) in [4.78, 5) is 15.5. The first-order chi connectivity index (χ1) is 8.75. The number of para-hydroxylation sites is 1. The van der Waals surface area contributed by atoms with Gasteiger partial charge in [-0.15, -0.1) is 0 Å². The molecule has 1 aromatic carbocycles. The third-order valence-electron chi connectivity index (χ3n) is 2.16. The molecule has 92 valence electrons. The second-order valence-corrected chi connectivity index (χ2v) is 3.91. The van der Waals surface area contributed by atoms with Crippen LogP contribution in [0.5, 0.6) is 5.75 Å². The molecule has 2 aromatic rings. The molecule has 0 saturated carbocycles. The Hall–Kier alpha value is -2.07. The standard InChI is InChI=1S/C13H11ClN2O2/c14-11-3-1-2-4-12(11)18-9-13(17)16-10-5-7-15-8-6-10/h1-8H,9H2,(H,15,16,17). The van der Waals surface area contributed by atoms with Gasteiger partial charge in [-0.3, -0.25) is 9.78 Å². The van der Waals surface area contributed by atoms with E-state index in [0.717, 1.165) is 0 Å². The number of rotatable bonds is 4. The number of aromatic nitrogens is 1. The second-order valence-electron chi connectivity index (χ2n) is 3.50. The molecule has 18 heavy (non-hydrogen) atoms. The fourth-order valence-electron chi connectivity index (χ4n) is 1.34. The molecule has 0 spiro atoms. The van der Waals surface area contributed by atoms with Gasteiger partial charge in [-0.25, -0.2) is 0 Å². The summed E-state index contributed by atoms with van der Waals surface area (Å²) in [5, 5.41) is 3.17. The van der Waals surface area contributed by atoms with Gasteiger partial charge in [0.15, 0.2) is 6.61 Å². The lowest BCUT2D eigenvalue weighted by atomic mass is 10.3. The zero-order valence-electron chi connectivity index (χ0n) is 9.47. The zero-order valence-corrected chi connectivity index (χ0v) is 10.2. The van der Waals surface area contributed by atoms with Crippen LogP contribution in [0.15, 0.2) is 48.8 Å². The van der Waals surface area contributed by atoms with Crippen molar-refractivity contribution in [1.82, 2.24) is 4.98 Å². The van der Waals surface area contributed by atoms with Crippen molar-refractivity contribution in [2.24, 2.45) is 0 Å². The van der Waals surface area contributed by atoms with Crippen LogP contribution in [-0.2, 0) is 4.79 Å². The molecule has 1 N–H and O–H groups in total. The summed E-state index contributed by atoms with van der Waals surface area (Å²) in [7, 11) is 0. The number of hydrogen-bond donors (Lipinski definition) is 1. The fraction of sp³-hybridized carbons (Fsp3) is 0.0769. The van der Waals surface area contributed by atoms with Gasteiger partial charge in [0.2, 0.25) is 0 Å². The van der Waals surface area contributed by atoms with Gasteiger partial charge in [0.05, 0.1) is 5.02 Å². The molecule has 5 heteroatoms. The molecule has 0 fully saturated rings. The molecule has 0 saturated heterocycles. The maximum absolute atomic E-state index is 11.6. The lowest BCUT2D eigenvalue weighted by molar-refractivity contribution is -0.118. The third-order valence-corrected chi connectivity index (χ3v) is 2.47. The summed E-state index contributed by atoms with van der Waals surface area (Å²) in [6.45, 7) is -0.0912. The van der Waals surface area contributed by atoms with Gasteiger partial charge in [0.25, 0.3) is 5.91 Å². The smallest absolute Gasteiger partial charge is 0.262 e. The van der Waals surface area contributed by atoms with Crippen LogP contribution in [0.25, 0.3) is 0 Å². The zero-order chi connectivity index (χ0) is 12.8. The van der Waals surface area contributed by atoms with Crippen LogP contribution >= 0.6 is 11.6 Å². The normalized spacial score (nSPS) is 9.83. The molecule has 2 rings (SSSR count).